The van der Waals surface area contributed by atoms with Crippen molar-refractivity contribution < 1.29 is 9.53 Å². The number of hydrogen-bond acceptors (Lipinski definition) is 6. The van der Waals surface area contributed by atoms with Gasteiger partial charge in [-0.15, -0.1) is 10.2 Å². The number of benzene rings is 2. The van der Waals surface area contributed by atoms with E-state index in [1.165, 1.54) is 31.0 Å². The maximum absolute atomic E-state index is 12.5. The lowest BCUT2D eigenvalue weighted by molar-refractivity contribution is -0.113. The second kappa shape index (κ2) is 11.2. The summed E-state index contributed by atoms with van der Waals surface area (Å²) in [7, 11) is 0. The quantitative estimate of drug-likeness (QED) is 0.487. The number of rotatable bonds is 9. The minimum atomic E-state index is -0.0839. The topological polar surface area (TPSA) is 72.3 Å². The third-order valence-electron chi connectivity index (χ3n) is 5.31. The average molecular weight is 452 g/mol. The molecule has 1 amide bonds. The van der Waals surface area contributed by atoms with Gasteiger partial charge in [-0.1, -0.05) is 36.4 Å². The van der Waals surface area contributed by atoms with Gasteiger partial charge in [0.05, 0.1) is 18.9 Å². The van der Waals surface area contributed by atoms with Crippen molar-refractivity contribution >= 4 is 23.4 Å². The van der Waals surface area contributed by atoms with Gasteiger partial charge in [-0.2, -0.15) is 0 Å². The third kappa shape index (κ3) is 5.89. The average Bonchev–Trinajstić information content (AvgIpc) is 3.23. The number of carbonyl (C=O) groups excluding carboxylic acids is 1. The van der Waals surface area contributed by atoms with Gasteiger partial charge in [0.15, 0.2) is 11.0 Å². The van der Waals surface area contributed by atoms with E-state index in [4.69, 9.17) is 4.74 Å². The SMILES string of the molecule is CCOc1ccc(NC(=O)CSc2nnc(CN3CCCCC3)n2-c2ccccc2)cc1. The zero-order valence-corrected chi connectivity index (χ0v) is 19.2. The van der Waals surface area contributed by atoms with Crippen LogP contribution in [0.1, 0.15) is 32.0 Å². The number of carbonyl (C=O) groups is 1. The summed E-state index contributed by atoms with van der Waals surface area (Å²) in [5.74, 6) is 1.87. The van der Waals surface area contributed by atoms with Crippen molar-refractivity contribution in [2.24, 2.45) is 0 Å². The van der Waals surface area contributed by atoms with E-state index in [0.29, 0.717) is 6.61 Å². The van der Waals surface area contributed by atoms with E-state index in [0.717, 1.165) is 47.7 Å². The van der Waals surface area contributed by atoms with E-state index < -0.39 is 0 Å². The van der Waals surface area contributed by atoms with Crippen LogP contribution in [-0.4, -0.2) is 51.0 Å². The minimum absolute atomic E-state index is 0.0839. The van der Waals surface area contributed by atoms with E-state index in [9.17, 15) is 4.79 Å². The fraction of sp³-hybridized carbons (Fsp3) is 0.375. The lowest BCUT2D eigenvalue weighted by Crippen LogP contribution is -2.30. The van der Waals surface area contributed by atoms with Gasteiger partial charge < -0.3 is 10.1 Å². The summed E-state index contributed by atoms with van der Waals surface area (Å²) in [4.78, 5) is 15.0. The number of para-hydroxylation sites is 1. The summed E-state index contributed by atoms with van der Waals surface area (Å²) in [5, 5.41) is 12.6. The molecule has 1 aromatic heterocycles. The Balaban J connectivity index is 1.43. The third-order valence-corrected chi connectivity index (χ3v) is 6.24. The summed E-state index contributed by atoms with van der Waals surface area (Å²) in [6.07, 6.45) is 3.76. The van der Waals surface area contributed by atoms with Crippen molar-refractivity contribution in [1.82, 2.24) is 19.7 Å². The molecule has 2 heterocycles. The highest BCUT2D eigenvalue weighted by atomic mass is 32.2. The molecule has 0 bridgehead atoms. The Morgan fingerprint density at radius 2 is 1.78 bits per heavy atom. The predicted octanol–water partition coefficient (Wildman–Crippen LogP) is 4.38. The minimum Gasteiger partial charge on any atom is -0.494 e. The number of anilines is 1. The molecule has 0 atom stereocenters. The smallest absolute Gasteiger partial charge is 0.234 e. The number of amides is 1. The Bertz CT molecular complexity index is 1000. The molecule has 1 aliphatic heterocycles. The molecule has 0 spiro atoms. The van der Waals surface area contributed by atoms with Crippen molar-refractivity contribution in [2.45, 2.75) is 37.9 Å². The molecule has 8 heteroatoms. The zero-order chi connectivity index (χ0) is 22.2. The van der Waals surface area contributed by atoms with Crippen LogP contribution < -0.4 is 10.1 Å². The lowest BCUT2D eigenvalue weighted by Gasteiger charge is -2.26. The van der Waals surface area contributed by atoms with Gasteiger partial charge in [0.2, 0.25) is 5.91 Å². The van der Waals surface area contributed by atoms with Crippen LogP contribution in [0.25, 0.3) is 5.69 Å². The molecule has 0 radical (unpaired) electrons. The first-order chi connectivity index (χ1) is 15.7. The van der Waals surface area contributed by atoms with Crippen molar-refractivity contribution in [3.05, 3.63) is 60.4 Å². The molecule has 0 aliphatic carbocycles. The van der Waals surface area contributed by atoms with Crippen LogP contribution in [0.4, 0.5) is 5.69 Å². The first-order valence-corrected chi connectivity index (χ1v) is 12.1. The molecule has 7 nitrogen and oxygen atoms in total. The summed E-state index contributed by atoms with van der Waals surface area (Å²) in [6, 6.07) is 17.5. The molecule has 32 heavy (non-hydrogen) atoms. The van der Waals surface area contributed by atoms with Crippen molar-refractivity contribution in [2.75, 3.05) is 30.8 Å². The molecule has 1 N–H and O–H groups in total. The number of nitrogens with zero attached hydrogens (tertiary/aromatic N) is 4. The van der Waals surface area contributed by atoms with Crippen molar-refractivity contribution in [1.29, 1.82) is 0 Å². The number of piperidine rings is 1. The Morgan fingerprint density at radius 1 is 1.03 bits per heavy atom. The van der Waals surface area contributed by atoms with E-state index in [-0.39, 0.29) is 11.7 Å². The molecular formula is C24H29N5O2S. The molecule has 2 aromatic carbocycles. The van der Waals surface area contributed by atoms with Crippen LogP contribution in [0, 0.1) is 0 Å². The second-order valence-electron chi connectivity index (χ2n) is 7.70. The summed E-state index contributed by atoms with van der Waals surface area (Å²) < 4.78 is 7.52. The molecule has 168 valence electrons. The molecule has 0 saturated carbocycles. The van der Waals surface area contributed by atoms with Gasteiger partial charge in [-0.3, -0.25) is 14.3 Å². The van der Waals surface area contributed by atoms with Gasteiger partial charge in [-0.25, -0.2) is 0 Å². The summed E-state index contributed by atoms with van der Waals surface area (Å²) >= 11 is 1.40. The number of nitrogens with one attached hydrogen (secondary N) is 1. The summed E-state index contributed by atoms with van der Waals surface area (Å²) in [5.41, 5.74) is 1.76. The molecular weight excluding hydrogens is 422 g/mol. The molecule has 1 saturated heterocycles. The Morgan fingerprint density at radius 3 is 2.50 bits per heavy atom. The molecule has 1 aliphatic rings. The fourth-order valence-corrected chi connectivity index (χ4v) is 4.55. The first kappa shape index (κ1) is 22.4. The van der Waals surface area contributed by atoms with Gasteiger partial charge in [0, 0.05) is 11.4 Å². The number of ether oxygens (including phenoxy) is 1. The molecule has 3 aromatic rings. The van der Waals surface area contributed by atoms with E-state index >= 15 is 0 Å². The standard InChI is InChI=1S/C24H29N5O2S/c1-2-31-21-13-11-19(12-14-21)25-23(30)18-32-24-27-26-22(17-28-15-7-4-8-16-28)29(24)20-9-5-3-6-10-20/h3,5-6,9-14H,2,4,7-8,15-18H2,1H3,(H,25,30). The van der Waals surface area contributed by atoms with Gasteiger partial charge in [-0.05, 0) is 69.3 Å². The van der Waals surface area contributed by atoms with Crippen LogP contribution in [-0.2, 0) is 11.3 Å². The maximum atomic E-state index is 12.5. The maximum Gasteiger partial charge on any atom is 0.234 e. The zero-order valence-electron chi connectivity index (χ0n) is 18.4. The van der Waals surface area contributed by atoms with Crippen LogP contribution >= 0.6 is 11.8 Å². The van der Waals surface area contributed by atoms with Crippen molar-refractivity contribution in [3.63, 3.8) is 0 Å². The first-order valence-electron chi connectivity index (χ1n) is 11.1. The van der Waals surface area contributed by atoms with Crippen LogP contribution in [0.5, 0.6) is 5.75 Å². The molecule has 1 fully saturated rings. The fourth-order valence-electron chi connectivity index (χ4n) is 3.78. The normalized spacial score (nSPS) is 14.3. The van der Waals surface area contributed by atoms with Crippen LogP contribution in [0.15, 0.2) is 59.8 Å². The molecule has 0 unspecified atom stereocenters. The van der Waals surface area contributed by atoms with E-state index in [1.807, 2.05) is 61.5 Å². The Labute approximate surface area is 193 Å². The van der Waals surface area contributed by atoms with E-state index in [1.54, 1.807) is 0 Å². The van der Waals surface area contributed by atoms with Crippen LogP contribution in [0.3, 0.4) is 0 Å². The number of aromatic nitrogens is 3. The molecule has 4 rings (SSSR count). The Kier molecular flexibility index (Phi) is 7.79. The largest absolute Gasteiger partial charge is 0.494 e. The predicted molar refractivity (Wildman–Crippen MR) is 127 cm³/mol. The highest BCUT2D eigenvalue weighted by molar-refractivity contribution is 7.99. The highest BCUT2D eigenvalue weighted by Crippen LogP contribution is 2.24. The van der Waals surface area contributed by atoms with Gasteiger partial charge in [0.1, 0.15) is 5.75 Å². The Hall–Kier alpha value is -2.84. The van der Waals surface area contributed by atoms with Gasteiger partial charge in [0.25, 0.3) is 0 Å². The second-order valence-corrected chi connectivity index (χ2v) is 8.64. The van der Waals surface area contributed by atoms with E-state index in [2.05, 4.69) is 25.0 Å². The van der Waals surface area contributed by atoms with Crippen LogP contribution in [0.2, 0.25) is 0 Å². The van der Waals surface area contributed by atoms with Crippen molar-refractivity contribution in [3.8, 4) is 11.4 Å². The monoisotopic (exact) mass is 451 g/mol. The lowest BCUT2D eigenvalue weighted by atomic mass is 10.1. The number of likely N-dealkylation sites (tertiary alicyclic amines) is 1. The van der Waals surface area contributed by atoms with Gasteiger partial charge >= 0.3 is 0 Å². The summed E-state index contributed by atoms with van der Waals surface area (Å²) in [6.45, 7) is 5.51. The number of hydrogen-bond donors (Lipinski definition) is 1. The number of thioether (sulfide) groups is 1. The highest BCUT2D eigenvalue weighted by Gasteiger charge is 2.19.